The SMILES string of the molecule is CC(C)C[C@H](NC(=O)[C@H](CCC(=O)O)NC(=O)[C@H](CC(=O)O)NC(=O)[C@H](CCCCN)NC(=O)[C@H](CC(=O)O)NC(=O)[C@H](CC(=O)O)NC(=O)[C@H](CC(=O)O)NC(=O)[C@H](CC(=O)O)NC(=O)[C@H](CCCCN)NC(=O)[C@H](Cc1ccc(O)cc1)NC(=O)[C@H](CC(=O)O)NC(=O)[C@H](CO)NC(=O)[C@H](CS)NC(=O)[C@@H]1CCCN1)C(=O)O. The van der Waals surface area contributed by atoms with E-state index in [-0.39, 0.29) is 68.2 Å². The molecular formula is C67H100N16O31S. The summed E-state index contributed by atoms with van der Waals surface area (Å²) in [6.45, 7) is 2.49. The van der Waals surface area contributed by atoms with Gasteiger partial charge in [0.05, 0.1) is 51.2 Å². The Kier molecular flexibility index (Phi) is 43.9. The molecule has 1 saturated heterocycles. The number of aliphatic carboxylic acids is 8. The fourth-order valence-electron chi connectivity index (χ4n) is 11.0. The average Bonchev–Trinajstić information content (AvgIpc) is 1.17. The third kappa shape index (κ3) is 38.0. The molecule has 28 N–H and O–H groups in total. The molecule has 1 aliphatic heterocycles. The highest BCUT2D eigenvalue weighted by atomic mass is 32.1. The molecule has 1 aromatic carbocycles. The second kappa shape index (κ2) is 50.9. The van der Waals surface area contributed by atoms with Crippen LogP contribution in [0.4, 0.5) is 0 Å². The lowest BCUT2D eigenvalue weighted by Gasteiger charge is -2.28. The molecule has 1 aromatic rings. The number of hydrogen-bond acceptors (Lipinski definition) is 27. The van der Waals surface area contributed by atoms with Gasteiger partial charge in [-0.25, -0.2) is 4.79 Å². The van der Waals surface area contributed by atoms with Crippen LogP contribution in [0.2, 0.25) is 0 Å². The molecule has 0 radical (unpaired) electrons. The van der Waals surface area contributed by atoms with Gasteiger partial charge in [0, 0.05) is 18.6 Å². The summed E-state index contributed by atoms with van der Waals surface area (Å²) in [5.41, 5.74) is 11.5. The summed E-state index contributed by atoms with van der Waals surface area (Å²) < 4.78 is 0. The van der Waals surface area contributed by atoms with Crippen LogP contribution >= 0.6 is 12.6 Å². The fraction of sp³-hybridized carbons (Fsp3) is 0.597. The maximum absolute atomic E-state index is 14.5. The number of aliphatic hydroxyl groups is 1. The normalized spacial score (nSPS) is 15.7. The van der Waals surface area contributed by atoms with Gasteiger partial charge in [-0.05, 0) is 107 Å². The molecule has 47 nitrogen and oxygen atoms in total. The molecule has 2 rings (SSSR count). The first kappa shape index (κ1) is 99.2. The van der Waals surface area contributed by atoms with Crippen LogP contribution in [-0.4, -0.2) is 292 Å². The minimum atomic E-state index is -2.49. The first-order valence-corrected chi connectivity index (χ1v) is 36.5. The van der Waals surface area contributed by atoms with Gasteiger partial charge < -0.3 is 137 Å². The number of carboxylic acid groups (broad SMARTS) is 8. The quantitative estimate of drug-likeness (QED) is 0.0213. The largest absolute Gasteiger partial charge is 0.508 e. The second-order valence-electron chi connectivity index (χ2n) is 26.7. The van der Waals surface area contributed by atoms with Gasteiger partial charge in [-0.2, -0.15) is 12.6 Å². The number of phenols is 1. The van der Waals surface area contributed by atoms with E-state index in [9.17, 15) is 152 Å². The van der Waals surface area contributed by atoms with Crippen LogP contribution in [0.5, 0.6) is 5.75 Å². The molecule has 115 heavy (non-hydrogen) atoms. The van der Waals surface area contributed by atoms with E-state index in [0.29, 0.717) is 19.4 Å². The number of aliphatic hydroxyl groups excluding tert-OH is 1. The lowest BCUT2D eigenvalue weighted by atomic mass is 10.0. The van der Waals surface area contributed by atoms with Crippen molar-refractivity contribution in [3.63, 3.8) is 0 Å². The van der Waals surface area contributed by atoms with Crippen LogP contribution < -0.4 is 85.9 Å². The predicted octanol–water partition coefficient (Wildman–Crippen LogP) is -8.99. The lowest BCUT2D eigenvalue weighted by molar-refractivity contribution is -0.145. The molecule has 13 amide bonds. The summed E-state index contributed by atoms with van der Waals surface area (Å²) in [5, 5.41) is 129. The Morgan fingerprint density at radius 2 is 0.687 bits per heavy atom. The van der Waals surface area contributed by atoms with E-state index in [1.807, 2.05) is 26.6 Å². The number of thiol groups is 1. The van der Waals surface area contributed by atoms with Crippen molar-refractivity contribution in [2.24, 2.45) is 17.4 Å². The van der Waals surface area contributed by atoms with Crippen LogP contribution in [0.1, 0.15) is 129 Å². The van der Waals surface area contributed by atoms with Crippen LogP contribution in [0.15, 0.2) is 24.3 Å². The Balaban J connectivity index is 2.56. The Hall–Kier alpha value is -11.9. The van der Waals surface area contributed by atoms with E-state index in [1.165, 1.54) is 12.1 Å². The molecule has 0 aromatic heterocycles. The predicted molar refractivity (Wildman–Crippen MR) is 392 cm³/mol. The zero-order chi connectivity index (χ0) is 86.9. The highest BCUT2D eigenvalue weighted by Gasteiger charge is 2.40. The van der Waals surface area contributed by atoms with E-state index in [4.69, 9.17) is 11.5 Å². The van der Waals surface area contributed by atoms with Crippen molar-refractivity contribution in [2.45, 2.75) is 214 Å². The smallest absolute Gasteiger partial charge is 0.326 e. The summed E-state index contributed by atoms with van der Waals surface area (Å²) in [6.07, 6.45) is -10.2. The number of carbonyl (C=O) groups excluding carboxylic acids is 13. The number of unbranched alkanes of at least 4 members (excludes halogenated alkanes) is 2. The topological polar surface area (TPSA) is 781 Å². The van der Waals surface area contributed by atoms with Crippen LogP contribution in [-0.2, 0) is 107 Å². The first-order chi connectivity index (χ1) is 54.0. The summed E-state index contributed by atoms with van der Waals surface area (Å²) in [7, 11) is 0. The maximum atomic E-state index is 14.5. The maximum Gasteiger partial charge on any atom is 0.326 e. The van der Waals surface area contributed by atoms with Crippen LogP contribution in [0.3, 0.4) is 0 Å². The molecular weight excluding hydrogens is 1560 g/mol. The van der Waals surface area contributed by atoms with Crippen molar-refractivity contribution in [2.75, 3.05) is 32.0 Å². The first-order valence-electron chi connectivity index (χ1n) is 35.9. The van der Waals surface area contributed by atoms with Crippen molar-refractivity contribution in [3.05, 3.63) is 29.8 Å². The van der Waals surface area contributed by atoms with Gasteiger partial charge in [0.15, 0.2) is 0 Å². The molecule has 48 heteroatoms. The van der Waals surface area contributed by atoms with Gasteiger partial charge in [0.2, 0.25) is 76.8 Å². The number of carbonyl (C=O) groups is 21. The molecule has 0 saturated carbocycles. The van der Waals surface area contributed by atoms with E-state index in [0.717, 1.165) is 12.1 Å². The molecule has 1 aliphatic rings. The zero-order valence-corrected chi connectivity index (χ0v) is 63.3. The number of phenolic OH excluding ortho intramolecular Hbond substituents is 1. The van der Waals surface area contributed by atoms with E-state index < -0.39 is 286 Å². The monoisotopic (exact) mass is 1660 g/mol. The minimum Gasteiger partial charge on any atom is -0.508 e. The number of benzene rings is 1. The Morgan fingerprint density at radius 3 is 0.983 bits per heavy atom. The number of nitrogens with one attached hydrogen (secondary N) is 14. The number of carboxylic acids is 8. The third-order valence-corrected chi connectivity index (χ3v) is 17.2. The van der Waals surface area contributed by atoms with Gasteiger partial charge in [0.25, 0.3) is 0 Å². The van der Waals surface area contributed by atoms with Crippen molar-refractivity contribution >= 4 is 137 Å². The van der Waals surface area contributed by atoms with Crippen molar-refractivity contribution in [1.29, 1.82) is 0 Å². The number of aromatic hydroxyl groups is 1. The van der Waals surface area contributed by atoms with E-state index in [2.05, 4.69) is 60.5 Å². The third-order valence-electron chi connectivity index (χ3n) is 16.8. The summed E-state index contributed by atoms with van der Waals surface area (Å²) in [5.74, 6) is -33.0. The van der Waals surface area contributed by atoms with Gasteiger partial charge in [-0.1, -0.05) is 26.0 Å². The summed E-state index contributed by atoms with van der Waals surface area (Å²) in [6, 6.07) is -22.2. The van der Waals surface area contributed by atoms with Gasteiger partial charge in [-0.15, -0.1) is 0 Å². The highest BCUT2D eigenvalue weighted by Crippen LogP contribution is 2.16. The Labute approximate surface area is 660 Å². The molecule has 0 bridgehead atoms. The minimum absolute atomic E-state index is 0.0378. The number of rotatable bonds is 56. The molecule has 0 unspecified atom stereocenters. The highest BCUT2D eigenvalue weighted by molar-refractivity contribution is 7.80. The molecule has 14 atom stereocenters. The molecule has 640 valence electrons. The summed E-state index contributed by atoms with van der Waals surface area (Å²) >= 11 is 4.08. The molecule has 0 aliphatic carbocycles. The molecule has 1 heterocycles. The van der Waals surface area contributed by atoms with Gasteiger partial charge >= 0.3 is 47.8 Å². The van der Waals surface area contributed by atoms with Crippen molar-refractivity contribution < 1.29 is 152 Å². The number of amides is 13. The summed E-state index contributed by atoms with van der Waals surface area (Å²) in [4.78, 5) is 277. The van der Waals surface area contributed by atoms with Crippen molar-refractivity contribution in [1.82, 2.24) is 74.4 Å². The van der Waals surface area contributed by atoms with E-state index in [1.54, 1.807) is 13.8 Å². The van der Waals surface area contributed by atoms with Gasteiger partial charge in [0.1, 0.15) is 84.3 Å². The lowest BCUT2D eigenvalue weighted by Crippen LogP contribution is -2.61. The Bertz CT molecular complexity index is 3640. The van der Waals surface area contributed by atoms with Crippen LogP contribution in [0.25, 0.3) is 0 Å². The standard InChI is InChI=1S/C67H100N16O31S/c1-30(2)20-44(67(113)114)81-57(103)36(15-16-47(86)87)73-60(106)38(22-48(88)89)75-56(102)35(9-4-6-18-69)72-59(105)39(23-49(90)91)77-63(109)41(25-51(94)95)79-64(110)42(26-52(96)97)78-62(108)40(24-50(92)93)76-55(101)34(8-3-5-17-68)71-58(104)37(21-31-11-13-32(85)14-12-31)74-61(107)43(27-53(98)99)80-65(111)45(28-84)82-66(112)46(29-115)83-54(100)33-10-7-19-70-33/h11-14,30,33-46,70,84-85,115H,3-10,15-29,68-69H2,1-2H3,(H,71,104)(H,72,105)(H,73,106)(H,74,107)(H,75,102)(H,76,101)(H,77,109)(H,78,108)(H,79,110)(H,80,111)(H,81,103)(H,82,112)(H,83,100)(H,86,87)(H,88,89)(H,90,91)(H,92,93)(H,94,95)(H,96,97)(H,98,99)(H,113,114)/t33-,34-,35-,36-,37-,38-,39-,40-,41-,42-,43-,44-,45-,46-/m0/s1. The molecule has 0 spiro atoms. The van der Waals surface area contributed by atoms with E-state index >= 15 is 0 Å². The zero-order valence-electron chi connectivity index (χ0n) is 62.4. The average molecular weight is 1660 g/mol. The second-order valence-corrected chi connectivity index (χ2v) is 27.1. The molecule has 1 fully saturated rings. The fourth-order valence-corrected chi connectivity index (χ4v) is 11.2. The Morgan fingerprint density at radius 1 is 0.391 bits per heavy atom. The van der Waals surface area contributed by atoms with Crippen LogP contribution in [0, 0.1) is 5.92 Å². The number of nitrogens with two attached hydrogens (primary N) is 2. The van der Waals surface area contributed by atoms with Crippen molar-refractivity contribution in [3.8, 4) is 5.75 Å². The van der Waals surface area contributed by atoms with Gasteiger partial charge in [-0.3, -0.25) is 95.9 Å². The number of hydrogen-bond donors (Lipinski definition) is 27.